The third kappa shape index (κ3) is 12.1. The van der Waals surface area contributed by atoms with E-state index in [1.54, 1.807) is 11.1 Å². The molecular weight excluding hydrogens is 410 g/mol. The molecule has 0 spiro atoms. The fraction of sp³-hybridized carbons (Fsp3) is 0.636. The second kappa shape index (κ2) is 18.6. The maximum atomic E-state index is 3.72. The monoisotopic (exact) mass is 463 g/mol. The van der Waals surface area contributed by atoms with Crippen LogP contribution in [-0.2, 0) is 19.3 Å². The first-order valence-corrected chi connectivity index (χ1v) is 14.7. The van der Waals surface area contributed by atoms with E-state index < -0.39 is 0 Å². The SMILES string of the molecule is CCCCCCCc1cccc(Nc2ccc(CCCCCCC)c(CCCCCCC)c2)c1. The molecule has 2 rings (SSSR count). The van der Waals surface area contributed by atoms with Gasteiger partial charge in [0.1, 0.15) is 0 Å². The van der Waals surface area contributed by atoms with Gasteiger partial charge < -0.3 is 5.32 Å². The summed E-state index contributed by atoms with van der Waals surface area (Å²) >= 11 is 0. The maximum Gasteiger partial charge on any atom is 0.0387 e. The van der Waals surface area contributed by atoms with Crippen molar-refractivity contribution < 1.29 is 0 Å². The smallest absolute Gasteiger partial charge is 0.0387 e. The van der Waals surface area contributed by atoms with Crippen molar-refractivity contribution in [1.82, 2.24) is 0 Å². The van der Waals surface area contributed by atoms with Crippen molar-refractivity contribution in [3.05, 3.63) is 59.2 Å². The van der Waals surface area contributed by atoms with Crippen molar-refractivity contribution in [3.63, 3.8) is 0 Å². The third-order valence-electron chi connectivity index (χ3n) is 7.09. The highest BCUT2D eigenvalue weighted by Crippen LogP contribution is 2.25. The van der Waals surface area contributed by atoms with E-state index in [2.05, 4.69) is 68.6 Å². The van der Waals surface area contributed by atoms with E-state index in [1.165, 1.54) is 133 Å². The van der Waals surface area contributed by atoms with Crippen molar-refractivity contribution in [2.24, 2.45) is 0 Å². The van der Waals surface area contributed by atoms with E-state index in [9.17, 15) is 0 Å². The molecule has 0 bridgehead atoms. The molecule has 0 radical (unpaired) electrons. The van der Waals surface area contributed by atoms with E-state index in [0.717, 1.165) is 0 Å². The Balaban J connectivity index is 1.97. The van der Waals surface area contributed by atoms with Gasteiger partial charge in [-0.05, 0) is 79.5 Å². The van der Waals surface area contributed by atoms with Crippen molar-refractivity contribution in [2.45, 2.75) is 136 Å². The van der Waals surface area contributed by atoms with Gasteiger partial charge in [-0.2, -0.15) is 0 Å². The summed E-state index contributed by atoms with van der Waals surface area (Å²) in [6.45, 7) is 6.88. The average Bonchev–Trinajstić information content (AvgIpc) is 2.85. The van der Waals surface area contributed by atoms with Crippen LogP contribution in [0.3, 0.4) is 0 Å². The molecule has 0 aromatic heterocycles. The number of anilines is 2. The van der Waals surface area contributed by atoms with E-state index >= 15 is 0 Å². The number of unbranched alkanes of at least 4 members (excludes halogenated alkanes) is 12. The zero-order chi connectivity index (χ0) is 24.3. The van der Waals surface area contributed by atoms with Crippen LogP contribution in [0.2, 0.25) is 0 Å². The van der Waals surface area contributed by atoms with Crippen LogP contribution in [0.25, 0.3) is 0 Å². The number of hydrogen-bond acceptors (Lipinski definition) is 1. The van der Waals surface area contributed by atoms with Crippen LogP contribution in [0.15, 0.2) is 42.5 Å². The topological polar surface area (TPSA) is 12.0 Å². The molecule has 0 aliphatic carbocycles. The van der Waals surface area contributed by atoms with Crippen molar-refractivity contribution in [2.75, 3.05) is 5.32 Å². The lowest BCUT2D eigenvalue weighted by Crippen LogP contribution is -1.99. The van der Waals surface area contributed by atoms with Gasteiger partial charge in [0.25, 0.3) is 0 Å². The summed E-state index contributed by atoms with van der Waals surface area (Å²) < 4.78 is 0. The number of nitrogens with one attached hydrogen (secondary N) is 1. The molecule has 0 saturated heterocycles. The predicted octanol–water partition coefficient (Wildman–Crippen LogP) is 11.0. The lowest BCUT2D eigenvalue weighted by atomic mass is 9.95. The molecule has 0 heterocycles. The van der Waals surface area contributed by atoms with E-state index in [1.807, 2.05) is 0 Å². The Morgan fingerprint density at radius 3 is 1.62 bits per heavy atom. The fourth-order valence-corrected chi connectivity index (χ4v) is 4.92. The number of hydrogen-bond donors (Lipinski definition) is 1. The lowest BCUT2D eigenvalue weighted by Gasteiger charge is -2.14. The molecule has 1 nitrogen and oxygen atoms in total. The summed E-state index contributed by atoms with van der Waals surface area (Å²) in [6.07, 6.45) is 23.9. The predicted molar refractivity (Wildman–Crippen MR) is 154 cm³/mol. The molecule has 0 amide bonds. The van der Waals surface area contributed by atoms with Crippen LogP contribution < -0.4 is 5.32 Å². The number of benzene rings is 2. The highest BCUT2D eigenvalue weighted by atomic mass is 14.9. The number of aryl methyl sites for hydroxylation is 3. The first-order chi connectivity index (χ1) is 16.8. The van der Waals surface area contributed by atoms with Crippen molar-refractivity contribution in [3.8, 4) is 0 Å². The zero-order valence-corrected chi connectivity index (χ0v) is 22.8. The minimum absolute atomic E-state index is 1.19. The minimum Gasteiger partial charge on any atom is -0.356 e. The largest absolute Gasteiger partial charge is 0.356 e. The Morgan fingerprint density at radius 2 is 1.00 bits per heavy atom. The summed E-state index contributed by atoms with van der Waals surface area (Å²) in [5, 5.41) is 3.72. The minimum atomic E-state index is 1.19. The Bertz CT molecular complexity index is 763. The van der Waals surface area contributed by atoms with E-state index in [0.29, 0.717) is 0 Å². The lowest BCUT2D eigenvalue weighted by molar-refractivity contribution is 0.621. The van der Waals surface area contributed by atoms with Crippen molar-refractivity contribution >= 4 is 11.4 Å². The van der Waals surface area contributed by atoms with Gasteiger partial charge in [0, 0.05) is 11.4 Å². The van der Waals surface area contributed by atoms with E-state index in [4.69, 9.17) is 0 Å². The van der Waals surface area contributed by atoms with Crippen LogP contribution in [0.5, 0.6) is 0 Å². The molecular formula is C33H53N. The van der Waals surface area contributed by atoms with Crippen molar-refractivity contribution in [1.29, 1.82) is 0 Å². The summed E-state index contributed by atoms with van der Waals surface area (Å²) in [5.41, 5.74) is 7.09. The maximum absolute atomic E-state index is 3.72. The Morgan fingerprint density at radius 1 is 0.471 bits per heavy atom. The first kappa shape index (κ1) is 28.5. The molecule has 34 heavy (non-hydrogen) atoms. The van der Waals surface area contributed by atoms with Gasteiger partial charge in [-0.25, -0.2) is 0 Å². The quantitative estimate of drug-likeness (QED) is 0.192. The van der Waals surface area contributed by atoms with Crippen LogP contribution in [-0.4, -0.2) is 0 Å². The van der Waals surface area contributed by atoms with Gasteiger partial charge in [-0.15, -0.1) is 0 Å². The normalized spacial score (nSPS) is 11.1. The summed E-state index contributed by atoms with van der Waals surface area (Å²) in [6, 6.07) is 16.2. The molecule has 0 aliphatic rings. The Hall–Kier alpha value is -1.76. The third-order valence-corrected chi connectivity index (χ3v) is 7.09. The van der Waals surface area contributed by atoms with Crippen LogP contribution in [0.4, 0.5) is 11.4 Å². The van der Waals surface area contributed by atoms with Crippen LogP contribution >= 0.6 is 0 Å². The van der Waals surface area contributed by atoms with Gasteiger partial charge in [0.05, 0.1) is 0 Å². The second-order valence-electron chi connectivity index (χ2n) is 10.3. The molecule has 0 saturated carbocycles. The first-order valence-electron chi connectivity index (χ1n) is 14.7. The molecule has 1 N–H and O–H groups in total. The molecule has 190 valence electrons. The van der Waals surface area contributed by atoms with Gasteiger partial charge in [-0.3, -0.25) is 0 Å². The van der Waals surface area contributed by atoms with Gasteiger partial charge in [-0.1, -0.05) is 116 Å². The standard InChI is InChI=1S/C33H53N/c1-4-7-10-13-16-20-29-21-19-24-32(27-29)34-33-26-25-30(22-17-14-11-8-5-2)31(28-33)23-18-15-12-9-6-3/h19,21,24-28,34H,4-18,20,22-23H2,1-3H3. The molecule has 2 aromatic rings. The molecule has 0 unspecified atom stereocenters. The molecule has 2 aromatic carbocycles. The molecule has 0 aliphatic heterocycles. The average molecular weight is 464 g/mol. The summed E-state index contributed by atoms with van der Waals surface area (Å²) in [5.74, 6) is 0. The van der Waals surface area contributed by atoms with Crippen LogP contribution in [0.1, 0.15) is 134 Å². The fourth-order valence-electron chi connectivity index (χ4n) is 4.92. The zero-order valence-electron chi connectivity index (χ0n) is 22.8. The van der Waals surface area contributed by atoms with Gasteiger partial charge in [0.15, 0.2) is 0 Å². The van der Waals surface area contributed by atoms with Gasteiger partial charge in [0.2, 0.25) is 0 Å². The number of rotatable bonds is 20. The Labute approximate surface area is 212 Å². The van der Waals surface area contributed by atoms with E-state index in [-0.39, 0.29) is 0 Å². The summed E-state index contributed by atoms with van der Waals surface area (Å²) in [4.78, 5) is 0. The molecule has 1 heteroatoms. The highest BCUT2D eigenvalue weighted by Gasteiger charge is 2.06. The molecule has 0 atom stereocenters. The Kier molecular flexibility index (Phi) is 15.5. The van der Waals surface area contributed by atoms with Crippen LogP contribution in [0, 0.1) is 0 Å². The van der Waals surface area contributed by atoms with Gasteiger partial charge >= 0.3 is 0 Å². The molecule has 0 fully saturated rings. The second-order valence-corrected chi connectivity index (χ2v) is 10.3. The summed E-state index contributed by atoms with van der Waals surface area (Å²) in [7, 11) is 0. The highest BCUT2D eigenvalue weighted by molar-refractivity contribution is 5.61.